The zero-order chi connectivity index (χ0) is 17.2. The Kier molecular flexibility index (Phi) is 16.9. The number of aliphatic hydroxyl groups excluding tert-OH is 1. The Hall–Kier alpha value is -0.850. The van der Waals surface area contributed by atoms with Gasteiger partial charge in [0.05, 0.1) is 13.2 Å². The monoisotopic (exact) mass is 331 g/mol. The van der Waals surface area contributed by atoms with E-state index in [4.69, 9.17) is 14.6 Å². The Morgan fingerprint density at radius 1 is 1.09 bits per heavy atom. The quantitative estimate of drug-likeness (QED) is 0.242. The second-order valence-corrected chi connectivity index (χ2v) is 5.63. The molecule has 0 radical (unpaired) electrons. The molecule has 0 amide bonds. The van der Waals surface area contributed by atoms with Crippen LogP contribution in [0.15, 0.2) is 4.99 Å². The zero-order valence-corrected chi connectivity index (χ0v) is 15.3. The molecule has 1 unspecified atom stereocenters. The molecule has 0 aromatic carbocycles. The summed E-state index contributed by atoms with van der Waals surface area (Å²) in [6, 6.07) is 0. The first-order valence-electron chi connectivity index (χ1n) is 8.98. The van der Waals surface area contributed by atoms with Crippen molar-refractivity contribution in [1.82, 2.24) is 10.6 Å². The Bertz CT molecular complexity index is 270. The highest BCUT2D eigenvalue weighted by atomic mass is 16.5. The van der Waals surface area contributed by atoms with Gasteiger partial charge in [0.1, 0.15) is 0 Å². The molecule has 1 atom stereocenters. The molecular formula is C17H37N3O3. The largest absolute Gasteiger partial charge is 0.396 e. The van der Waals surface area contributed by atoms with Gasteiger partial charge in [0.2, 0.25) is 0 Å². The van der Waals surface area contributed by atoms with Crippen LogP contribution in [0.3, 0.4) is 0 Å². The van der Waals surface area contributed by atoms with E-state index in [1.54, 1.807) is 7.11 Å². The summed E-state index contributed by atoms with van der Waals surface area (Å²) < 4.78 is 10.4. The number of aliphatic hydroxyl groups is 1. The zero-order valence-electron chi connectivity index (χ0n) is 15.3. The van der Waals surface area contributed by atoms with Crippen molar-refractivity contribution in [3.8, 4) is 0 Å². The molecule has 0 saturated carbocycles. The van der Waals surface area contributed by atoms with Gasteiger partial charge in [-0.25, -0.2) is 0 Å². The summed E-state index contributed by atoms with van der Waals surface area (Å²) in [5.41, 5.74) is 0. The number of unbranched alkanes of at least 4 members (excludes halogenated alkanes) is 1. The number of guanidine groups is 1. The molecule has 0 aliphatic rings. The summed E-state index contributed by atoms with van der Waals surface area (Å²) in [5, 5.41) is 15.7. The summed E-state index contributed by atoms with van der Waals surface area (Å²) in [4.78, 5) is 4.64. The lowest BCUT2D eigenvalue weighted by Crippen LogP contribution is -2.38. The fourth-order valence-corrected chi connectivity index (χ4v) is 2.26. The molecule has 0 aromatic heterocycles. The van der Waals surface area contributed by atoms with Crippen molar-refractivity contribution in [3.63, 3.8) is 0 Å². The number of rotatable bonds is 15. The van der Waals surface area contributed by atoms with Crippen molar-refractivity contribution in [1.29, 1.82) is 0 Å². The fourth-order valence-electron chi connectivity index (χ4n) is 2.26. The first-order chi connectivity index (χ1) is 11.3. The summed E-state index contributed by atoms with van der Waals surface area (Å²) in [6.07, 6.45) is 5.15. The first-order valence-corrected chi connectivity index (χ1v) is 8.98. The minimum Gasteiger partial charge on any atom is -0.396 e. The van der Waals surface area contributed by atoms with Crippen LogP contribution in [0.2, 0.25) is 0 Å². The number of ether oxygens (including phenoxy) is 2. The molecule has 138 valence electrons. The van der Waals surface area contributed by atoms with Gasteiger partial charge in [-0.1, -0.05) is 13.3 Å². The van der Waals surface area contributed by atoms with Crippen LogP contribution in [0.5, 0.6) is 0 Å². The predicted octanol–water partition coefficient (Wildman–Crippen LogP) is 1.78. The second kappa shape index (κ2) is 17.5. The second-order valence-electron chi connectivity index (χ2n) is 5.63. The van der Waals surface area contributed by atoms with Crippen molar-refractivity contribution in [2.45, 2.75) is 46.0 Å². The number of nitrogens with zero attached hydrogens (tertiary/aromatic N) is 1. The highest BCUT2D eigenvalue weighted by molar-refractivity contribution is 5.79. The van der Waals surface area contributed by atoms with Gasteiger partial charge < -0.3 is 25.2 Å². The van der Waals surface area contributed by atoms with Crippen LogP contribution in [0.1, 0.15) is 46.0 Å². The Labute approximate surface area is 142 Å². The molecule has 0 aliphatic carbocycles. The maximum Gasteiger partial charge on any atom is 0.191 e. The molecule has 6 nitrogen and oxygen atoms in total. The smallest absolute Gasteiger partial charge is 0.191 e. The van der Waals surface area contributed by atoms with E-state index in [0.29, 0.717) is 19.1 Å². The third kappa shape index (κ3) is 14.5. The van der Waals surface area contributed by atoms with E-state index >= 15 is 0 Å². The number of methoxy groups -OCH3 is 1. The molecule has 6 heteroatoms. The molecular weight excluding hydrogens is 294 g/mol. The van der Waals surface area contributed by atoms with E-state index in [0.717, 1.165) is 64.3 Å². The molecule has 0 rings (SSSR count). The van der Waals surface area contributed by atoms with Crippen LogP contribution in [-0.2, 0) is 9.47 Å². The highest BCUT2D eigenvalue weighted by Crippen LogP contribution is 2.10. The van der Waals surface area contributed by atoms with Crippen molar-refractivity contribution < 1.29 is 14.6 Å². The van der Waals surface area contributed by atoms with Gasteiger partial charge in [0.25, 0.3) is 0 Å². The standard InChI is InChI=1S/C17H37N3O3/c1-4-8-16(9-11-21)15-20-17(18-5-2)19-10-6-7-12-23-14-13-22-3/h16,21H,4-15H2,1-3H3,(H2,18,19,20). The summed E-state index contributed by atoms with van der Waals surface area (Å²) in [5.74, 6) is 1.33. The number of hydrogen-bond donors (Lipinski definition) is 3. The van der Waals surface area contributed by atoms with Crippen molar-refractivity contribution in [3.05, 3.63) is 0 Å². The molecule has 23 heavy (non-hydrogen) atoms. The van der Waals surface area contributed by atoms with Gasteiger partial charge in [0.15, 0.2) is 5.96 Å². The van der Waals surface area contributed by atoms with E-state index in [9.17, 15) is 0 Å². The van der Waals surface area contributed by atoms with Crippen LogP contribution in [0, 0.1) is 5.92 Å². The van der Waals surface area contributed by atoms with E-state index in [-0.39, 0.29) is 6.61 Å². The van der Waals surface area contributed by atoms with E-state index in [2.05, 4.69) is 29.5 Å². The maximum atomic E-state index is 9.11. The van der Waals surface area contributed by atoms with Gasteiger partial charge in [0, 0.05) is 40.0 Å². The topological polar surface area (TPSA) is 75.1 Å². The summed E-state index contributed by atoms with van der Waals surface area (Å²) >= 11 is 0. The van der Waals surface area contributed by atoms with E-state index < -0.39 is 0 Å². The molecule has 0 saturated heterocycles. The third-order valence-corrected chi connectivity index (χ3v) is 3.53. The summed E-state index contributed by atoms with van der Waals surface area (Å²) in [6.45, 7) is 9.08. The van der Waals surface area contributed by atoms with Gasteiger partial charge in [-0.3, -0.25) is 4.99 Å². The highest BCUT2D eigenvalue weighted by Gasteiger charge is 2.07. The first kappa shape index (κ1) is 22.1. The maximum absolute atomic E-state index is 9.11. The van der Waals surface area contributed by atoms with Crippen molar-refractivity contribution >= 4 is 5.96 Å². The molecule has 0 bridgehead atoms. The third-order valence-electron chi connectivity index (χ3n) is 3.53. The summed E-state index contributed by atoms with van der Waals surface area (Å²) in [7, 11) is 1.68. The lowest BCUT2D eigenvalue weighted by molar-refractivity contribution is 0.0689. The number of aliphatic imine (C=N–C) groups is 1. The van der Waals surface area contributed by atoms with Crippen LogP contribution >= 0.6 is 0 Å². The van der Waals surface area contributed by atoms with Crippen molar-refractivity contribution in [2.24, 2.45) is 10.9 Å². The van der Waals surface area contributed by atoms with E-state index in [1.165, 1.54) is 0 Å². The minimum absolute atomic E-state index is 0.243. The predicted molar refractivity (Wildman–Crippen MR) is 96.0 cm³/mol. The van der Waals surface area contributed by atoms with Crippen LogP contribution in [0.25, 0.3) is 0 Å². The van der Waals surface area contributed by atoms with Gasteiger partial charge >= 0.3 is 0 Å². The van der Waals surface area contributed by atoms with Crippen LogP contribution in [-0.4, -0.2) is 64.2 Å². The number of hydrogen-bond acceptors (Lipinski definition) is 4. The normalized spacial score (nSPS) is 13.1. The van der Waals surface area contributed by atoms with Gasteiger partial charge in [-0.15, -0.1) is 0 Å². The molecule has 0 heterocycles. The average molecular weight is 332 g/mol. The Morgan fingerprint density at radius 3 is 2.57 bits per heavy atom. The van der Waals surface area contributed by atoms with Crippen molar-refractivity contribution in [2.75, 3.05) is 53.2 Å². The SMILES string of the molecule is CCCC(CCO)CN=C(NCC)NCCCCOCCOC. The minimum atomic E-state index is 0.243. The average Bonchev–Trinajstić information content (AvgIpc) is 2.55. The Morgan fingerprint density at radius 2 is 1.91 bits per heavy atom. The lowest BCUT2D eigenvalue weighted by atomic mass is 10.0. The molecule has 3 N–H and O–H groups in total. The van der Waals surface area contributed by atoms with E-state index in [1.807, 2.05) is 0 Å². The Balaban J connectivity index is 3.92. The van der Waals surface area contributed by atoms with Gasteiger partial charge in [-0.05, 0) is 38.5 Å². The molecule has 0 aromatic rings. The number of nitrogens with one attached hydrogen (secondary N) is 2. The lowest BCUT2D eigenvalue weighted by Gasteiger charge is -2.15. The molecule has 0 aliphatic heterocycles. The molecule has 0 spiro atoms. The van der Waals surface area contributed by atoms with Gasteiger partial charge in [-0.2, -0.15) is 0 Å². The van der Waals surface area contributed by atoms with Crippen LogP contribution in [0.4, 0.5) is 0 Å². The fraction of sp³-hybridized carbons (Fsp3) is 0.941. The van der Waals surface area contributed by atoms with Crippen LogP contribution < -0.4 is 10.6 Å². The molecule has 0 fully saturated rings.